The molecule has 1 aromatic rings. The summed E-state index contributed by atoms with van der Waals surface area (Å²) in [4.78, 5) is 0. The van der Waals surface area contributed by atoms with Crippen molar-refractivity contribution < 1.29 is 14.6 Å². The molecule has 0 aromatic heterocycles. The van der Waals surface area contributed by atoms with Crippen molar-refractivity contribution in [2.45, 2.75) is 36.5 Å². The van der Waals surface area contributed by atoms with Crippen LogP contribution in [0.4, 0.5) is 0 Å². The summed E-state index contributed by atoms with van der Waals surface area (Å²) < 4.78 is 11.8. The molecule has 5 rings (SSSR count). The smallest absolute Gasteiger partial charge is 0.165 e. The first-order valence-corrected chi connectivity index (χ1v) is 7.72. The fraction of sp³-hybridized carbons (Fsp3) is 0.529. The number of benzene rings is 1. The van der Waals surface area contributed by atoms with E-state index in [0.29, 0.717) is 12.0 Å². The van der Waals surface area contributed by atoms with Gasteiger partial charge >= 0.3 is 0 Å². The fourth-order valence-electron chi connectivity index (χ4n) is 5.13. The second kappa shape index (κ2) is 3.81. The van der Waals surface area contributed by atoms with E-state index in [4.69, 9.17) is 9.47 Å². The first-order valence-electron chi connectivity index (χ1n) is 7.72. The van der Waals surface area contributed by atoms with Gasteiger partial charge in [0.25, 0.3) is 0 Å². The van der Waals surface area contributed by atoms with E-state index >= 15 is 0 Å². The Balaban J connectivity index is 1.84. The minimum atomic E-state index is -0.539. The number of hydrogen-bond donors (Lipinski definition) is 2. The van der Waals surface area contributed by atoms with Crippen LogP contribution in [0.1, 0.15) is 17.5 Å². The van der Waals surface area contributed by atoms with Crippen LogP contribution >= 0.6 is 0 Å². The zero-order chi connectivity index (χ0) is 14.2. The summed E-state index contributed by atoms with van der Waals surface area (Å²) in [5, 5.41) is 14.1. The van der Waals surface area contributed by atoms with Gasteiger partial charge in [-0.3, -0.25) is 0 Å². The number of methoxy groups -OCH3 is 1. The lowest BCUT2D eigenvalue weighted by Gasteiger charge is -2.53. The van der Waals surface area contributed by atoms with E-state index in [9.17, 15) is 5.11 Å². The van der Waals surface area contributed by atoms with Crippen LogP contribution in [0.3, 0.4) is 0 Å². The third-order valence-electron chi connectivity index (χ3n) is 5.88. The average molecular weight is 285 g/mol. The molecule has 4 aliphatic rings. The van der Waals surface area contributed by atoms with Crippen LogP contribution in [-0.2, 0) is 11.8 Å². The summed E-state index contributed by atoms with van der Waals surface area (Å²) >= 11 is 0. The molecule has 0 unspecified atom stereocenters. The maximum Gasteiger partial charge on any atom is 0.165 e. The van der Waals surface area contributed by atoms with Crippen LogP contribution in [0.5, 0.6) is 11.5 Å². The van der Waals surface area contributed by atoms with E-state index in [2.05, 4.69) is 17.5 Å². The molecule has 0 saturated carbocycles. The van der Waals surface area contributed by atoms with Crippen molar-refractivity contribution in [3.05, 3.63) is 35.4 Å². The molecular formula is C17H19NO3. The molecular weight excluding hydrogens is 266 g/mol. The van der Waals surface area contributed by atoms with Gasteiger partial charge in [0.2, 0.25) is 0 Å². The van der Waals surface area contributed by atoms with Crippen molar-refractivity contribution >= 4 is 0 Å². The highest BCUT2D eigenvalue weighted by atomic mass is 16.5. The summed E-state index contributed by atoms with van der Waals surface area (Å²) in [7, 11) is 1.68. The molecule has 2 heterocycles. The molecule has 2 N–H and O–H groups in total. The Morgan fingerprint density at radius 3 is 3.14 bits per heavy atom. The molecule has 0 radical (unpaired) electrons. The van der Waals surface area contributed by atoms with E-state index in [0.717, 1.165) is 30.9 Å². The molecule has 0 amide bonds. The lowest BCUT2D eigenvalue weighted by atomic mass is 9.54. The number of hydrogen-bond acceptors (Lipinski definition) is 4. The lowest BCUT2D eigenvalue weighted by Crippen LogP contribution is -2.64. The molecule has 2 aliphatic heterocycles. The van der Waals surface area contributed by atoms with Crippen LogP contribution in [-0.4, -0.2) is 37.0 Å². The summed E-state index contributed by atoms with van der Waals surface area (Å²) in [5.41, 5.74) is 2.57. The van der Waals surface area contributed by atoms with Gasteiger partial charge in [-0.05, 0) is 31.0 Å². The zero-order valence-electron chi connectivity index (χ0n) is 12.0. The fourth-order valence-corrected chi connectivity index (χ4v) is 5.13. The highest BCUT2D eigenvalue weighted by molar-refractivity contribution is 5.62. The number of nitrogens with one attached hydrogen (secondary N) is 1. The van der Waals surface area contributed by atoms with Crippen LogP contribution < -0.4 is 14.8 Å². The highest BCUT2D eigenvalue weighted by Crippen LogP contribution is 2.61. The molecule has 5 atom stereocenters. The number of aliphatic hydroxyl groups is 1. The Labute approximate surface area is 123 Å². The van der Waals surface area contributed by atoms with Crippen molar-refractivity contribution in [2.24, 2.45) is 5.92 Å². The standard InChI is InChI=1S/C17H19NO3/c1-20-13-5-2-9-8-11-10-3-4-12(19)16-17(10,6-7-18-11)14(9)15(13)21-16/h2-5,10-12,16,18-19H,6-8H2,1H3/t10-,11+,12+,16-,17-/m0/s1. The molecule has 1 fully saturated rings. The van der Waals surface area contributed by atoms with Gasteiger partial charge in [0.1, 0.15) is 12.2 Å². The first-order chi connectivity index (χ1) is 10.3. The summed E-state index contributed by atoms with van der Waals surface area (Å²) in [6, 6.07) is 4.62. The quantitative estimate of drug-likeness (QED) is 0.760. The SMILES string of the molecule is COc1ccc2c3c1O[C@H]1[C@H](O)C=C[C@H]4[C@@H](C2)NCC[C@@]341. The van der Waals surface area contributed by atoms with Crippen LogP contribution in [0.25, 0.3) is 0 Å². The van der Waals surface area contributed by atoms with E-state index in [1.165, 1.54) is 11.1 Å². The maximum atomic E-state index is 10.5. The van der Waals surface area contributed by atoms with Crippen molar-refractivity contribution in [3.8, 4) is 11.5 Å². The maximum absolute atomic E-state index is 10.5. The second-order valence-corrected chi connectivity index (χ2v) is 6.63. The van der Waals surface area contributed by atoms with Gasteiger partial charge in [-0.1, -0.05) is 18.2 Å². The molecule has 2 bridgehead atoms. The normalized spacial score (nSPS) is 41.4. The monoisotopic (exact) mass is 285 g/mol. The van der Waals surface area contributed by atoms with Crippen molar-refractivity contribution in [2.75, 3.05) is 13.7 Å². The van der Waals surface area contributed by atoms with Crippen LogP contribution in [0.2, 0.25) is 0 Å². The molecule has 1 spiro atoms. The molecule has 1 aromatic carbocycles. The van der Waals surface area contributed by atoms with Crippen LogP contribution in [0.15, 0.2) is 24.3 Å². The van der Waals surface area contributed by atoms with E-state index in [1.807, 2.05) is 12.1 Å². The van der Waals surface area contributed by atoms with Gasteiger partial charge in [0.15, 0.2) is 11.5 Å². The Kier molecular flexibility index (Phi) is 2.19. The molecule has 110 valence electrons. The first kappa shape index (κ1) is 12.1. The van der Waals surface area contributed by atoms with E-state index in [1.54, 1.807) is 7.11 Å². The lowest BCUT2D eigenvalue weighted by molar-refractivity contribution is -0.0177. The number of ether oxygens (including phenoxy) is 2. The minimum Gasteiger partial charge on any atom is -0.493 e. The molecule has 21 heavy (non-hydrogen) atoms. The average Bonchev–Trinajstić information content (AvgIpc) is 2.83. The topological polar surface area (TPSA) is 50.7 Å². The molecule has 1 saturated heterocycles. The highest BCUT2D eigenvalue weighted by Gasteiger charge is 2.63. The Hall–Kier alpha value is -1.52. The molecule has 4 heteroatoms. The largest absolute Gasteiger partial charge is 0.493 e. The van der Waals surface area contributed by atoms with Gasteiger partial charge in [-0.15, -0.1) is 0 Å². The van der Waals surface area contributed by atoms with E-state index < -0.39 is 6.10 Å². The van der Waals surface area contributed by atoms with Gasteiger partial charge in [-0.25, -0.2) is 0 Å². The third-order valence-corrected chi connectivity index (χ3v) is 5.88. The summed E-state index contributed by atoms with van der Waals surface area (Å²) in [5.74, 6) is 2.06. The summed E-state index contributed by atoms with van der Waals surface area (Å²) in [6.45, 7) is 0.984. The van der Waals surface area contributed by atoms with Crippen molar-refractivity contribution in [1.29, 1.82) is 0 Å². The predicted molar refractivity (Wildman–Crippen MR) is 77.8 cm³/mol. The number of aliphatic hydroxyl groups excluding tert-OH is 1. The van der Waals surface area contributed by atoms with Gasteiger partial charge < -0.3 is 19.9 Å². The van der Waals surface area contributed by atoms with Gasteiger partial charge in [0.05, 0.1) is 7.11 Å². The molecule has 4 nitrogen and oxygen atoms in total. The van der Waals surface area contributed by atoms with E-state index in [-0.39, 0.29) is 11.5 Å². The van der Waals surface area contributed by atoms with Crippen molar-refractivity contribution in [1.82, 2.24) is 5.32 Å². The third kappa shape index (κ3) is 1.25. The summed E-state index contributed by atoms with van der Waals surface area (Å²) in [6.07, 6.45) is 5.43. The Bertz CT molecular complexity index is 656. The molecule has 2 aliphatic carbocycles. The predicted octanol–water partition coefficient (Wildman–Crippen LogP) is 1.16. The number of rotatable bonds is 1. The van der Waals surface area contributed by atoms with Crippen LogP contribution in [0, 0.1) is 5.92 Å². The van der Waals surface area contributed by atoms with Crippen molar-refractivity contribution in [3.63, 3.8) is 0 Å². The Morgan fingerprint density at radius 2 is 2.29 bits per heavy atom. The van der Waals surface area contributed by atoms with Gasteiger partial charge in [-0.2, -0.15) is 0 Å². The Morgan fingerprint density at radius 1 is 1.38 bits per heavy atom. The van der Waals surface area contributed by atoms with Gasteiger partial charge in [0, 0.05) is 22.9 Å². The minimum absolute atomic E-state index is 0.0818. The second-order valence-electron chi connectivity index (χ2n) is 6.63. The number of piperidine rings is 1. The zero-order valence-corrected chi connectivity index (χ0v) is 12.0.